The first-order chi connectivity index (χ1) is 58.6. The zero-order valence-corrected chi connectivity index (χ0v) is 69.6. The highest BCUT2D eigenvalue weighted by Gasteiger charge is 2.72. The molecule has 0 spiro atoms. The number of benzene rings is 13. The van der Waals surface area contributed by atoms with Gasteiger partial charge in [0.15, 0.2) is 33.0 Å². The number of carbonyl (C=O) groups excluding carboxylic acids is 4. The quantitative estimate of drug-likeness (QED) is 0.0214. The van der Waals surface area contributed by atoms with Gasteiger partial charge < -0.3 is 18.9 Å². The van der Waals surface area contributed by atoms with Crippen molar-refractivity contribution in [1.82, 2.24) is 0 Å². The van der Waals surface area contributed by atoms with Crippen LogP contribution in [0.25, 0.3) is 0 Å². The van der Waals surface area contributed by atoms with E-state index < -0.39 is 90.4 Å². The summed E-state index contributed by atoms with van der Waals surface area (Å²) in [5.74, 6) is -0.800. The van der Waals surface area contributed by atoms with Gasteiger partial charge in [0, 0.05) is 57.3 Å². The summed E-state index contributed by atoms with van der Waals surface area (Å²) in [6.45, 7) is 7.34. The first kappa shape index (κ1) is 90.2. The highest BCUT2D eigenvalue weighted by atomic mass is 32.2. The molecule has 29 heteroatoms. The van der Waals surface area contributed by atoms with E-state index in [1.54, 1.807) is 159 Å². The Balaban J connectivity index is 0.000000254. The van der Waals surface area contributed by atoms with Crippen LogP contribution in [0.2, 0.25) is 0 Å². The zero-order chi connectivity index (χ0) is 89.3. The number of sulfone groups is 1. The molecule has 124 heavy (non-hydrogen) atoms. The lowest BCUT2D eigenvalue weighted by molar-refractivity contribution is -0.288. The summed E-state index contributed by atoms with van der Waals surface area (Å²) < 4.78 is 237. The molecule has 0 aliphatic heterocycles. The number of aryl methyl sites for hydroxylation is 4. The Bertz CT molecular complexity index is 6580. The second-order valence-corrected chi connectivity index (χ2v) is 35.6. The Morgan fingerprint density at radius 3 is 0.944 bits per heavy atom. The van der Waals surface area contributed by atoms with Crippen molar-refractivity contribution in [2.24, 2.45) is 0 Å². The van der Waals surface area contributed by atoms with Gasteiger partial charge in [0.2, 0.25) is 5.41 Å². The van der Waals surface area contributed by atoms with Crippen LogP contribution in [-0.2, 0) is 64.9 Å². The number of ether oxygens (including phenoxy) is 4. The van der Waals surface area contributed by atoms with Crippen molar-refractivity contribution >= 4 is 63.3 Å². The average molecular weight is 1760 g/mol. The van der Waals surface area contributed by atoms with E-state index in [0.717, 1.165) is 69.8 Å². The van der Waals surface area contributed by atoms with Crippen LogP contribution in [0.5, 0.6) is 40.2 Å². The number of rotatable bonds is 30. The molecule has 0 saturated carbocycles. The monoisotopic (exact) mass is 1760 g/mol. The highest BCUT2D eigenvalue weighted by Crippen LogP contribution is 2.57. The van der Waals surface area contributed by atoms with Gasteiger partial charge in [-0.05, 0) is 230 Å². The second kappa shape index (κ2) is 37.4. The molecule has 0 fully saturated rings. The molecule has 0 amide bonds. The molecule has 0 saturated heterocycles. The van der Waals surface area contributed by atoms with Gasteiger partial charge in [-0.1, -0.05) is 163 Å². The van der Waals surface area contributed by atoms with Crippen molar-refractivity contribution in [1.29, 1.82) is 0 Å². The van der Waals surface area contributed by atoms with Crippen molar-refractivity contribution < 1.29 is 112 Å². The van der Waals surface area contributed by atoms with Crippen LogP contribution in [0.3, 0.4) is 0 Å². The number of hydrogen-bond acceptors (Lipinski definition) is 16. The molecule has 0 bridgehead atoms. The van der Waals surface area contributed by atoms with Crippen molar-refractivity contribution in [3.05, 3.63) is 403 Å². The Hall–Kier alpha value is -13.0. The van der Waals surface area contributed by atoms with Gasteiger partial charge in [0.25, 0.3) is 30.4 Å². The zero-order valence-electron chi connectivity index (χ0n) is 66.3. The molecule has 13 aromatic carbocycles. The van der Waals surface area contributed by atoms with E-state index in [2.05, 4.69) is 0 Å². The molecule has 0 aliphatic carbocycles. The summed E-state index contributed by atoms with van der Waals surface area (Å²) in [7, 11) is -18.0. The van der Waals surface area contributed by atoms with Crippen LogP contribution in [-0.4, -0.2) is 101 Å². The number of alkyl halides is 6. The fourth-order valence-corrected chi connectivity index (χ4v) is 17.7. The third kappa shape index (κ3) is 22.3. The van der Waals surface area contributed by atoms with E-state index in [1.807, 2.05) is 45.0 Å². The van der Waals surface area contributed by atoms with Crippen LogP contribution in [0.4, 0.5) is 26.3 Å². The summed E-state index contributed by atoms with van der Waals surface area (Å²) in [6.07, 6.45) is -11.2. The van der Waals surface area contributed by atoms with E-state index >= 15 is 26.3 Å². The molecule has 19 nitrogen and oxygen atoms in total. The summed E-state index contributed by atoms with van der Waals surface area (Å²) in [5, 5.41) is 0. The van der Waals surface area contributed by atoms with E-state index in [-0.39, 0.29) is 81.6 Å². The van der Waals surface area contributed by atoms with Gasteiger partial charge in [-0.15, -0.1) is 0 Å². The van der Waals surface area contributed by atoms with E-state index in [1.165, 1.54) is 54.6 Å². The molecule has 0 atom stereocenters. The Morgan fingerprint density at radius 1 is 0.315 bits per heavy atom. The standard InChI is InChI=1S/C58H44F6O11S2.C37H32O8S2/c1-36-3-8-40(9-4-36)54(65)42-13-22-47(23-14-42)74-49-26-18-45(19-27-49)56(57(59,60)61,58(62,63)64)46-20-28-50(29-21-46)75-48-24-15-43(16-25-48)55(66)41-11-6-38(7-12-41)34-44-10-5-37(2)33-52(44)73-32-31-39-17-30-51(76(67,68)69)35-53(39)77(70,71)72;1-25-3-8-28(9-4-25)36(38)30-13-17-33(18-14-30)45-34-19-15-31(16-20-34)37(39)29-11-6-27(7-12-29)24-32-10-5-26(2)23-35(32)46(40,41)21-22-47(42,43)44/h3-30,33,35H,31-32,34H2,1-2H3,(H,67,68,69)(H,70,71,72);3-20,23H,21-22,24H2,1-2H3,(H,42,43,44). The third-order valence-corrected chi connectivity index (χ3v) is 24.6. The molecular formula is C95H76F6O19S4. The lowest BCUT2D eigenvalue weighted by Gasteiger charge is -2.38. The van der Waals surface area contributed by atoms with Gasteiger partial charge in [0.05, 0.1) is 32.8 Å². The Kier molecular flexibility index (Phi) is 27.2. The van der Waals surface area contributed by atoms with Crippen LogP contribution >= 0.6 is 0 Å². The minimum absolute atomic E-state index is 0.00953. The number of hydrogen-bond donors (Lipinski definition) is 3. The van der Waals surface area contributed by atoms with Crippen LogP contribution in [0.15, 0.2) is 312 Å². The molecule has 0 unspecified atom stereocenters. The summed E-state index contributed by atoms with van der Waals surface area (Å²) in [5.41, 5.74) is 3.18. The number of halogens is 6. The maximum atomic E-state index is 15.0. The van der Waals surface area contributed by atoms with Gasteiger partial charge >= 0.3 is 12.4 Å². The summed E-state index contributed by atoms with van der Waals surface area (Å²) >= 11 is 0. The van der Waals surface area contributed by atoms with Crippen molar-refractivity contribution in [2.45, 2.75) is 79.4 Å². The van der Waals surface area contributed by atoms with E-state index in [4.69, 9.17) is 23.5 Å². The topological polar surface area (TPSA) is 302 Å². The normalized spacial score (nSPS) is 12.0. The Morgan fingerprint density at radius 2 is 0.613 bits per heavy atom. The third-order valence-electron chi connectivity index (χ3n) is 20.1. The van der Waals surface area contributed by atoms with Crippen molar-refractivity contribution in [2.75, 3.05) is 18.1 Å². The first-order valence-electron chi connectivity index (χ1n) is 37.9. The molecule has 13 rings (SSSR count). The largest absolute Gasteiger partial charge is 0.493 e. The predicted octanol–water partition coefficient (Wildman–Crippen LogP) is 20.3. The molecule has 0 heterocycles. The minimum atomic E-state index is -5.86. The van der Waals surface area contributed by atoms with E-state index in [0.29, 0.717) is 104 Å². The average Bonchev–Trinajstić information content (AvgIpc) is 0.714. The van der Waals surface area contributed by atoms with Gasteiger partial charge in [-0.2, -0.15) is 51.6 Å². The Labute approximate surface area is 711 Å². The van der Waals surface area contributed by atoms with Crippen LogP contribution < -0.4 is 18.9 Å². The summed E-state index contributed by atoms with van der Waals surface area (Å²) in [6, 6.07) is 73.1. The molecule has 636 valence electrons. The smallest absolute Gasteiger partial charge is 0.411 e. The maximum absolute atomic E-state index is 15.0. The predicted molar refractivity (Wildman–Crippen MR) is 452 cm³/mol. The van der Waals surface area contributed by atoms with Gasteiger partial charge in [0.1, 0.15) is 40.2 Å². The maximum Gasteiger partial charge on any atom is 0.411 e. The second-order valence-electron chi connectivity index (χ2n) is 29.1. The SMILES string of the molecule is Cc1ccc(C(=O)c2ccc(Oc3ccc(C(=O)c4ccc(Cc5ccc(C)cc5S(=O)(=O)CCS(=O)(=O)O)cc4)cc3)cc2)cc1.Cc1ccc(C(=O)c2ccc(Oc3ccc(C(c4ccc(Oc5ccc(C(=O)c6ccc(Cc7ccc(C)cc7OCCc7ccc(S(=O)(=O)O)cc7S(=O)(=O)O)cc6)cc5)cc4)(C(F)(F)F)C(F)(F)F)cc3)cc2)cc1. The minimum Gasteiger partial charge on any atom is -0.493 e. The molecule has 3 N–H and O–H groups in total. The lowest BCUT2D eigenvalue weighted by Crippen LogP contribution is -2.54. The first-order valence-corrected chi connectivity index (χ1v) is 44.1. The fourth-order valence-electron chi connectivity index (χ4n) is 13.5. The van der Waals surface area contributed by atoms with Crippen LogP contribution in [0.1, 0.15) is 125 Å². The lowest BCUT2D eigenvalue weighted by atomic mass is 9.73. The molecule has 0 aliphatic rings. The number of ketones is 4. The number of carbonyl (C=O) groups is 4. The van der Waals surface area contributed by atoms with E-state index in [9.17, 15) is 62.0 Å². The van der Waals surface area contributed by atoms with Crippen molar-refractivity contribution in [3.8, 4) is 40.2 Å². The summed E-state index contributed by atoms with van der Waals surface area (Å²) in [4.78, 5) is 50.9. The van der Waals surface area contributed by atoms with Gasteiger partial charge in [-0.25, -0.2) is 8.42 Å². The van der Waals surface area contributed by atoms with Gasteiger partial charge in [-0.3, -0.25) is 32.8 Å². The molecule has 0 aromatic heterocycles. The van der Waals surface area contributed by atoms with Crippen LogP contribution in [0, 0.1) is 27.7 Å². The highest BCUT2D eigenvalue weighted by molar-refractivity contribution is 7.93. The fraction of sp³-hybridized carbons (Fsp3) is 0.137. The molecular weight excluding hydrogens is 1690 g/mol. The van der Waals surface area contributed by atoms with Crippen molar-refractivity contribution in [3.63, 3.8) is 0 Å². The molecule has 0 radical (unpaired) electrons. The molecule has 13 aromatic rings.